The van der Waals surface area contributed by atoms with Crippen molar-refractivity contribution in [3.05, 3.63) is 136 Å². The van der Waals surface area contributed by atoms with E-state index < -0.39 is 0 Å². The molecule has 0 saturated heterocycles. The summed E-state index contributed by atoms with van der Waals surface area (Å²) in [6.07, 6.45) is 3.43. The topological polar surface area (TPSA) is 49.4 Å². The van der Waals surface area contributed by atoms with Crippen LogP contribution in [0.25, 0.3) is 6.08 Å². The van der Waals surface area contributed by atoms with E-state index in [0.717, 1.165) is 29.0 Å². The Hall–Kier alpha value is -4.16. The summed E-state index contributed by atoms with van der Waals surface area (Å²) < 4.78 is 14.4. The Kier molecular flexibility index (Phi) is 8.23. The van der Waals surface area contributed by atoms with Crippen LogP contribution >= 0.6 is 11.8 Å². The first kappa shape index (κ1) is 26.4. The molecule has 39 heavy (non-hydrogen) atoms. The Morgan fingerprint density at radius 3 is 2.36 bits per heavy atom. The molecule has 1 aliphatic rings. The largest absolute Gasteiger partial charge is 0.349 e. The van der Waals surface area contributed by atoms with Crippen LogP contribution in [0.4, 0.5) is 10.1 Å². The van der Waals surface area contributed by atoms with Gasteiger partial charge in [-0.05, 0) is 60.4 Å². The van der Waals surface area contributed by atoms with Gasteiger partial charge in [0.25, 0.3) is 11.8 Å². The van der Waals surface area contributed by atoms with Crippen LogP contribution in [-0.4, -0.2) is 17.9 Å². The molecule has 0 spiro atoms. The molecule has 6 heteroatoms. The average Bonchev–Trinajstić information content (AvgIpc) is 2.96. The zero-order valence-corrected chi connectivity index (χ0v) is 22.5. The Bertz CT molecular complexity index is 1500. The van der Waals surface area contributed by atoms with Gasteiger partial charge in [-0.25, -0.2) is 4.39 Å². The molecule has 4 nitrogen and oxygen atoms in total. The van der Waals surface area contributed by atoms with E-state index in [-0.39, 0.29) is 30.2 Å². The number of para-hydroxylation sites is 1. The van der Waals surface area contributed by atoms with Crippen molar-refractivity contribution in [2.75, 3.05) is 4.90 Å². The highest BCUT2D eigenvalue weighted by molar-refractivity contribution is 8.04. The molecule has 1 aliphatic heterocycles. The summed E-state index contributed by atoms with van der Waals surface area (Å²) in [5.41, 5.74) is 3.79. The third-order valence-corrected chi connectivity index (χ3v) is 7.82. The highest BCUT2D eigenvalue weighted by Crippen LogP contribution is 2.42. The van der Waals surface area contributed by atoms with Crippen LogP contribution in [0, 0.1) is 5.82 Å². The fraction of sp³-hybridized carbons (Fsp3) is 0.152. The molecule has 2 amide bonds. The molecule has 0 saturated carbocycles. The summed E-state index contributed by atoms with van der Waals surface area (Å²) in [5.74, 6) is -0.643. The summed E-state index contributed by atoms with van der Waals surface area (Å²) in [5, 5.41) is 3.13. The quantitative estimate of drug-likeness (QED) is 0.241. The first-order chi connectivity index (χ1) is 19.0. The van der Waals surface area contributed by atoms with Gasteiger partial charge in [0.05, 0.1) is 17.1 Å². The average molecular weight is 537 g/mol. The van der Waals surface area contributed by atoms with Gasteiger partial charge in [0, 0.05) is 22.1 Å². The lowest BCUT2D eigenvalue weighted by atomic mass is 10.0. The number of anilines is 1. The molecular formula is C33H29FN2O2S. The maximum atomic E-state index is 14.4. The van der Waals surface area contributed by atoms with Crippen molar-refractivity contribution in [2.24, 2.45) is 0 Å². The number of nitrogens with zero attached hydrogens (tertiary/aromatic N) is 1. The van der Waals surface area contributed by atoms with Crippen LogP contribution in [0.3, 0.4) is 0 Å². The van der Waals surface area contributed by atoms with E-state index in [1.54, 1.807) is 35.2 Å². The molecule has 0 bridgehead atoms. The minimum absolute atomic E-state index is 0.0402. The Balaban J connectivity index is 1.33. The normalized spacial score (nSPS) is 14.7. The summed E-state index contributed by atoms with van der Waals surface area (Å²) in [6.45, 7) is 2.21. The summed E-state index contributed by atoms with van der Waals surface area (Å²) in [4.78, 5) is 29.5. The number of halogens is 1. The lowest BCUT2D eigenvalue weighted by molar-refractivity contribution is -0.114. The molecule has 1 heterocycles. The first-order valence-corrected chi connectivity index (χ1v) is 13.8. The van der Waals surface area contributed by atoms with Crippen molar-refractivity contribution < 1.29 is 14.0 Å². The number of nitrogens with one attached hydrogen (secondary N) is 1. The van der Waals surface area contributed by atoms with Gasteiger partial charge in [0.15, 0.2) is 0 Å². The first-order valence-electron chi connectivity index (χ1n) is 13.0. The fourth-order valence-corrected chi connectivity index (χ4v) is 5.62. The number of hydrogen-bond acceptors (Lipinski definition) is 3. The van der Waals surface area contributed by atoms with Gasteiger partial charge in [-0.1, -0.05) is 91.5 Å². The van der Waals surface area contributed by atoms with Gasteiger partial charge in [-0.3, -0.25) is 9.59 Å². The van der Waals surface area contributed by atoms with Crippen molar-refractivity contribution in [3.8, 4) is 0 Å². The zero-order valence-electron chi connectivity index (χ0n) is 21.6. The zero-order chi connectivity index (χ0) is 27.2. The van der Waals surface area contributed by atoms with E-state index in [9.17, 15) is 14.0 Å². The second-order valence-electron chi connectivity index (χ2n) is 9.45. The fourth-order valence-electron chi connectivity index (χ4n) is 4.56. The van der Waals surface area contributed by atoms with E-state index in [4.69, 9.17) is 0 Å². The molecule has 4 aromatic rings. The smallest absolute Gasteiger partial charge is 0.265 e. The second kappa shape index (κ2) is 12.1. The number of carbonyl (C=O) groups is 2. The van der Waals surface area contributed by atoms with Crippen molar-refractivity contribution in [1.82, 2.24) is 5.32 Å². The molecule has 4 aromatic carbocycles. The molecule has 0 fully saturated rings. The number of thioether (sulfide) groups is 1. The van der Waals surface area contributed by atoms with Gasteiger partial charge < -0.3 is 10.2 Å². The lowest BCUT2D eigenvalue weighted by Crippen LogP contribution is -2.35. The summed E-state index contributed by atoms with van der Waals surface area (Å²) >= 11 is 1.40. The predicted octanol–water partition coefficient (Wildman–Crippen LogP) is 7.26. The van der Waals surface area contributed by atoms with E-state index in [2.05, 4.69) is 24.4 Å². The van der Waals surface area contributed by atoms with E-state index in [1.165, 1.54) is 23.4 Å². The maximum absolute atomic E-state index is 14.4. The molecule has 1 atom stereocenters. The summed E-state index contributed by atoms with van der Waals surface area (Å²) in [6, 6.07) is 31.6. The second-order valence-corrected chi connectivity index (χ2v) is 10.5. The molecular weight excluding hydrogens is 507 g/mol. The van der Waals surface area contributed by atoms with Gasteiger partial charge in [-0.2, -0.15) is 0 Å². The van der Waals surface area contributed by atoms with Gasteiger partial charge in [0.1, 0.15) is 5.82 Å². The number of amides is 2. The van der Waals surface area contributed by atoms with Gasteiger partial charge in [-0.15, -0.1) is 0 Å². The van der Waals surface area contributed by atoms with Crippen molar-refractivity contribution in [1.29, 1.82) is 0 Å². The number of rotatable bonds is 8. The molecule has 5 rings (SSSR count). The molecule has 0 aromatic heterocycles. The minimum atomic E-state index is -0.338. The van der Waals surface area contributed by atoms with E-state index in [0.29, 0.717) is 16.0 Å². The van der Waals surface area contributed by atoms with E-state index in [1.807, 2.05) is 60.7 Å². The Labute approximate surface area is 232 Å². The molecule has 1 N–H and O–H groups in total. The van der Waals surface area contributed by atoms with Crippen LogP contribution in [0.2, 0.25) is 0 Å². The number of carbonyl (C=O) groups excluding carboxylic acids is 2. The van der Waals surface area contributed by atoms with Crippen LogP contribution in [0.1, 0.15) is 40.4 Å². The Morgan fingerprint density at radius 2 is 1.62 bits per heavy atom. The van der Waals surface area contributed by atoms with Crippen LogP contribution < -0.4 is 10.2 Å². The number of benzene rings is 4. The van der Waals surface area contributed by atoms with E-state index >= 15 is 0 Å². The third kappa shape index (κ3) is 6.29. The molecule has 0 aliphatic carbocycles. The van der Waals surface area contributed by atoms with Crippen molar-refractivity contribution in [3.63, 3.8) is 0 Å². The lowest BCUT2D eigenvalue weighted by Gasteiger charge is -2.30. The highest BCUT2D eigenvalue weighted by atomic mass is 32.2. The van der Waals surface area contributed by atoms with Gasteiger partial charge >= 0.3 is 0 Å². The summed E-state index contributed by atoms with van der Waals surface area (Å²) in [7, 11) is 0. The van der Waals surface area contributed by atoms with Crippen molar-refractivity contribution in [2.45, 2.75) is 37.2 Å². The molecule has 196 valence electrons. The van der Waals surface area contributed by atoms with Crippen molar-refractivity contribution >= 4 is 35.3 Å². The Morgan fingerprint density at radius 1 is 0.923 bits per heavy atom. The van der Waals surface area contributed by atoms with Crippen LogP contribution in [0.15, 0.2) is 113 Å². The van der Waals surface area contributed by atoms with Crippen LogP contribution in [0.5, 0.6) is 0 Å². The monoisotopic (exact) mass is 536 g/mol. The van der Waals surface area contributed by atoms with Gasteiger partial charge in [0.2, 0.25) is 0 Å². The number of fused-ring (bicyclic) bond motifs is 1. The predicted molar refractivity (Wildman–Crippen MR) is 156 cm³/mol. The third-order valence-electron chi connectivity index (χ3n) is 6.74. The standard InChI is InChI=1S/C33H29FN2O2S/c1-2-27(20-23-10-4-3-5-11-23)35-32(37)25-18-16-24(17-19-25)21-31-33(38)36(22-26-12-6-7-13-28(26)34)29-14-8-9-15-30(29)39-31/h3-19,21,27H,2,20,22H2,1H3,(H,35,37)/b31-21+. The SMILES string of the molecule is CCC(Cc1ccccc1)NC(=O)c1ccc(/C=C2/Sc3ccccc3N(Cc3ccccc3F)C2=O)cc1. The molecule has 1 unspecified atom stereocenters. The maximum Gasteiger partial charge on any atom is 0.265 e. The molecule has 0 radical (unpaired) electrons. The minimum Gasteiger partial charge on any atom is -0.349 e. The number of hydrogen-bond donors (Lipinski definition) is 1. The van der Waals surface area contributed by atoms with Crippen LogP contribution in [-0.2, 0) is 17.8 Å². The highest BCUT2D eigenvalue weighted by Gasteiger charge is 2.29.